The monoisotopic (exact) mass is 549 g/mol. The Bertz CT molecular complexity index is 1290. The maximum absolute atomic E-state index is 11.8. The molecule has 2 N–H and O–H groups in total. The van der Waals surface area contributed by atoms with E-state index in [9.17, 15) is 13.5 Å². The summed E-state index contributed by atoms with van der Waals surface area (Å²) in [6, 6.07) is 19.4. The van der Waals surface area contributed by atoms with Crippen LogP contribution in [0.5, 0.6) is 0 Å². The van der Waals surface area contributed by atoms with Crippen LogP contribution < -0.4 is 9.62 Å². The van der Waals surface area contributed by atoms with Gasteiger partial charge in [-0.15, -0.1) is 0 Å². The van der Waals surface area contributed by atoms with Crippen molar-refractivity contribution >= 4 is 26.9 Å². The summed E-state index contributed by atoms with van der Waals surface area (Å²) in [5.74, 6) is 0. The van der Waals surface area contributed by atoms with Gasteiger partial charge in [-0.3, -0.25) is 9.62 Å². The normalized spacial score (nSPS) is 16.1. The zero-order chi connectivity index (χ0) is 28.4. The van der Waals surface area contributed by atoms with Crippen molar-refractivity contribution in [3.05, 3.63) is 102 Å². The van der Waals surface area contributed by atoms with E-state index in [4.69, 9.17) is 0 Å². The van der Waals surface area contributed by atoms with Gasteiger partial charge in [-0.05, 0) is 79.7 Å². The molecule has 6 nitrogen and oxygen atoms in total. The van der Waals surface area contributed by atoms with Crippen LogP contribution >= 0.6 is 0 Å². The van der Waals surface area contributed by atoms with Crippen molar-refractivity contribution in [3.63, 3.8) is 0 Å². The number of rotatable bonds is 12. The number of hydrogen-bond acceptors (Lipinski definition) is 5. The first kappa shape index (κ1) is 30.4. The first-order chi connectivity index (χ1) is 18.6. The summed E-state index contributed by atoms with van der Waals surface area (Å²) >= 11 is 0. The number of sulfonamides is 1. The predicted molar refractivity (Wildman–Crippen MR) is 165 cm³/mol. The van der Waals surface area contributed by atoms with Crippen LogP contribution in [0.15, 0.2) is 90.7 Å². The second-order valence-corrected chi connectivity index (χ2v) is 11.9. The quantitative estimate of drug-likeness (QED) is 0.272. The Morgan fingerprint density at radius 1 is 1.00 bits per heavy atom. The van der Waals surface area contributed by atoms with Gasteiger partial charge in [-0.25, -0.2) is 8.42 Å². The van der Waals surface area contributed by atoms with Crippen molar-refractivity contribution in [2.75, 3.05) is 43.9 Å². The molecule has 210 valence electrons. The van der Waals surface area contributed by atoms with Gasteiger partial charge >= 0.3 is 0 Å². The molecule has 0 radical (unpaired) electrons. The van der Waals surface area contributed by atoms with Crippen molar-refractivity contribution in [1.29, 1.82) is 0 Å². The van der Waals surface area contributed by atoms with E-state index in [1.54, 1.807) is 19.1 Å². The van der Waals surface area contributed by atoms with Gasteiger partial charge in [-0.1, -0.05) is 61.2 Å². The van der Waals surface area contributed by atoms with E-state index in [1.165, 1.54) is 5.69 Å². The predicted octanol–water partition coefficient (Wildman–Crippen LogP) is 5.47. The molecule has 2 aromatic rings. The number of allylic oxidation sites excluding steroid dienone is 6. The SMILES string of the molecule is C=C(/C=C\C(=C/C)NS(C)(=O)=O)/C(=C(\CCCO)c1ccccc1)c1ccc(N2CCN(C(C)C)CC2)cc1. The van der Waals surface area contributed by atoms with E-state index in [2.05, 4.69) is 71.3 Å². The average Bonchev–Trinajstić information content (AvgIpc) is 2.93. The number of nitrogens with zero attached hydrogens (tertiary/aromatic N) is 2. The summed E-state index contributed by atoms with van der Waals surface area (Å²) in [5, 5.41) is 9.66. The van der Waals surface area contributed by atoms with E-state index in [1.807, 2.05) is 24.3 Å². The second-order valence-electron chi connectivity index (χ2n) is 10.2. The Kier molecular flexibility index (Phi) is 11.2. The molecule has 1 aliphatic heterocycles. The van der Waals surface area contributed by atoms with Crippen molar-refractivity contribution in [1.82, 2.24) is 9.62 Å². The Hall–Kier alpha value is -3.13. The van der Waals surface area contributed by atoms with Crippen molar-refractivity contribution in [3.8, 4) is 0 Å². The number of aliphatic hydroxyl groups excluding tert-OH is 1. The zero-order valence-corrected chi connectivity index (χ0v) is 24.5. The summed E-state index contributed by atoms with van der Waals surface area (Å²) in [5.41, 5.74) is 6.62. The Labute approximate surface area is 235 Å². The zero-order valence-electron chi connectivity index (χ0n) is 23.7. The number of anilines is 1. The van der Waals surface area contributed by atoms with Gasteiger partial charge in [-0.2, -0.15) is 0 Å². The number of piperazine rings is 1. The lowest BCUT2D eigenvalue weighted by molar-refractivity contribution is 0.209. The number of aliphatic hydroxyl groups is 1. The lowest BCUT2D eigenvalue weighted by atomic mass is 9.87. The van der Waals surface area contributed by atoms with E-state index >= 15 is 0 Å². The fraction of sp³-hybridized carbons (Fsp3) is 0.375. The third-order valence-corrected chi connectivity index (χ3v) is 7.58. The lowest BCUT2D eigenvalue weighted by Gasteiger charge is -2.38. The maximum Gasteiger partial charge on any atom is 0.229 e. The smallest absolute Gasteiger partial charge is 0.229 e. The van der Waals surface area contributed by atoms with Gasteiger partial charge in [0.1, 0.15) is 0 Å². The molecule has 0 aliphatic carbocycles. The van der Waals surface area contributed by atoms with Crippen LogP contribution in [0.2, 0.25) is 0 Å². The highest BCUT2D eigenvalue weighted by Gasteiger charge is 2.20. The number of hydrogen-bond donors (Lipinski definition) is 2. The molecule has 1 fully saturated rings. The highest BCUT2D eigenvalue weighted by Crippen LogP contribution is 2.36. The van der Waals surface area contributed by atoms with Gasteiger partial charge in [0.15, 0.2) is 0 Å². The van der Waals surface area contributed by atoms with Crippen LogP contribution in [0, 0.1) is 0 Å². The minimum Gasteiger partial charge on any atom is -0.396 e. The van der Waals surface area contributed by atoms with Crippen LogP contribution in [0.1, 0.15) is 44.7 Å². The summed E-state index contributed by atoms with van der Waals surface area (Å²) in [6.45, 7) is 14.9. The van der Waals surface area contributed by atoms with Crippen molar-refractivity contribution < 1.29 is 13.5 Å². The first-order valence-corrected chi connectivity index (χ1v) is 15.5. The molecule has 3 rings (SSSR count). The molecule has 1 saturated heterocycles. The minimum atomic E-state index is -3.40. The Balaban J connectivity index is 2.01. The van der Waals surface area contributed by atoms with Crippen LogP contribution in [0.3, 0.4) is 0 Å². The third kappa shape index (κ3) is 8.95. The molecular weight excluding hydrogens is 506 g/mol. The molecule has 0 unspecified atom stereocenters. The molecule has 1 aliphatic rings. The van der Waals surface area contributed by atoms with Crippen LogP contribution in [-0.4, -0.2) is 63.5 Å². The average molecular weight is 550 g/mol. The van der Waals surface area contributed by atoms with Gasteiger partial charge in [0.25, 0.3) is 0 Å². The van der Waals surface area contributed by atoms with Crippen molar-refractivity contribution in [2.45, 2.75) is 39.7 Å². The second kappa shape index (κ2) is 14.3. The summed E-state index contributed by atoms with van der Waals surface area (Å²) in [4.78, 5) is 4.94. The fourth-order valence-corrected chi connectivity index (χ4v) is 5.49. The maximum atomic E-state index is 11.8. The minimum absolute atomic E-state index is 0.0915. The fourth-order valence-electron chi connectivity index (χ4n) is 4.87. The molecular formula is C32H43N3O3S. The van der Waals surface area contributed by atoms with E-state index in [-0.39, 0.29) is 6.61 Å². The van der Waals surface area contributed by atoms with Gasteiger partial charge in [0, 0.05) is 50.2 Å². The van der Waals surface area contributed by atoms with Crippen LogP contribution in [-0.2, 0) is 10.0 Å². The van der Waals surface area contributed by atoms with E-state index < -0.39 is 10.0 Å². The lowest BCUT2D eigenvalue weighted by Crippen LogP contribution is -2.48. The first-order valence-electron chi connectivity index (χ1n) is 13.6. The molecule has 0 saturated carbocycles. The van der Waals surface area contributed by atoms with Crippen molar-refractivity contribution in [2.24, 2.45) is 0 Å². The standard InChI is InChI=1S/C32H43N3O3S/c1-6-29(33-39(5,37)38)17-14-26(4)32(31(13-10-24-36)27-11-8-7-9-12-27)28-15-18-30(19-16-28)35-22-20-34(21-23-35)25(2)3/h6-9,11-12,14-19,25,33,36H,4,10,13,20-24H2,1-3,5H3/b17-14-,29-6+,32-31-. The topological polar surface area (TPSA) is 72.9 Å². The van der Waals surface area contributed by atoms with Crippen LogP contribution in [0.4, 0.5) is 5.69 Å². The molecule has 0 spiro atoms. The molecule has 39 heavy (non-hydrogen) atoms. The summed E-state index contributed by atoms with van der Waals surface area (Å²) in [6.07, 6.45) is 7.74. The van der Waals surface area contributed by atoms with E-state index in [0.29, 0.717) is 24.6 Å². The van der Waals surface area contributed by atoms with Crippen LogP contribution in [0.25, 0.3) is 11.1 Å². The molecule has 0 amide bonds. The number of benzene rings is 2. The Morgan fingerprint density at radius 2 is 1.64 bits per heavy atom. The van der Waals surface area contributed by atoms with E-state index in [0.717, 1.165) is 60.3 Å². The van der Waals surface area contributed by atoms with Gasteiger partial charge < -0.3 is 10.0 Å². The Morgan fingerprint density at radius 3 is 2.18 bits per heavy atom. The largest absolute Gasteiger partial charge is 0.396 e. The number of nitrogens with one attached hydrogen (secondary N) is 1. The highest BCUT2D eigenvalue weighted by atomic mass is 32.2. The molecule has 7 heteroatoms. The molecule has 0 bridgehead atoms. The molecule has 0 aromatic heterocycles. The molecule has 0 atom stereocenters. The summed E-state index contributed by atoms with van der Waals surface area (Å²) in [7, 11) is -3.40. The molecule has 1 heterocycles. The third-order valence-electron chi connectivity index (χ3n) is 6.97. The van der Waals surface area contributed by atoms with Gasteiger partial charge in [0.05, 0.1) is 6.26 Å². The highest BCUT2D eigenvalue weighted by molar-refractivity contribution is 7.88. The summed E-state index contributed by atoms with van der Waals surface area (Å²) < 4.78 is 26.1. The molecule has 2 aromatic carbocycles. The van der Waals surface area contributed by atoms with Gasteiger partial charge in [0.2, 0.25) is 10.0 Å².